The van der Waals surface area contributed by atoms with Crippen molar-refractivity contribution in [2.45, 2.75) is 75.3 Å². The first-order chi connectivity index (χ1) is 21.1. The van der Waals surface area contributed by atoms with Crippen molar-refractivity contribution in [1.82, 2.24) is 19.7 Å². The summed E-state index contributed by atoms with van der Waals surface area (Å²) in [7, 11) is 0. The van der Waals surface area contributed by atoms with Crippen LogP contribution in [0.3, 0.4) is 0 Å². The van der Waals surface area contributed by atoms with E-state index < -0.39 is 17.1 Å². The van der Waals surface area contributed by atoms with E-state index in [4.69, 9.17) is 5.10 Å². The van der Waals surface area contributed by atoms with Crippen LogP contribution < -0.4 is 0 Å². The van der Waals surface area contributed by atoms with E-state index in [2.05, 4.69) is 61.1 Å². The van der Waals surface area contributed by atoms with E-state index in [0.29, 0.717) is 12.8 Å². The normalized spacial score (nSPS) is 34.2. The molecule has 0 amide bonds. The number of benzene rings is 1. The molecule has 0 aliphatic heterocycles. The Balaban J connectivity index is 1.05. The van der Waals surface area contributed by atoms with Crippen molar-refractivity contribution in [1.29, 1.82) is 0 Å². The summed E-state index contributed by atoms with van der Waals surface area (Å²) in [4.78, 5) is 23.7. The van der Waals surface area contributed by atoms with Gasteiger partial charge >= 0.3 is 0 Å². The lowest BCUT2D eigenvalue weighted by Crippen LogP contribution is -2.62. The fraction of sp³-hybridized carbons (Fsp3) is 0.486. The number of carbonyl (C=O) groups excluding carboxylic acids is 1. The number of pyridine rings is 1. The van der Waals surface area contributed by atoms with Crippen LogP contribution in [0.5, 0.6) is 0 Å². The monoisotopic (exact) mass is 626 g/mol. The predicted octanol–water partition coefficient (Wildman–Crippen LogP) is 6.43. The quantitative estimate of drug-likeness (QED) is 0.246. The summed E-state index contributed by atoms with van der Waals surface area (Å²) in [5.74, 6) is 0.555. The Bertz CT molecular complexity index is 1780. The van der Waals surface area contributed by atoms with Crippen molar-refractivity contribution >= 4 is 45.3 Å². The van der Waals surface area contributed by atoms with Gasteiger partial charge in [0.2, 0.25) is 0 Å². The second-order valence-electron chi connectivity index (χ2n) is 14.0. The number of Topliss-reactive ketones (excluding diaryl/α,β-unsaturated/α-hetero) is 1. The van der Waals surface area contributed by atoms with E-state index in [1.807, 2.05) is 23.0 Å². The molecular weight excluding hydrogens is 589 g/mol. The average molecular weight is 627 g/mol. The van der Waals surface area contributed by atoms with Gasteiger partial charge in [0.15, 0.2) is 10.1 Å². The SMILES string of the molecule is Cc1ccc(-n2ncc3c2C=C2CCC4C(C(O)CC5(C)C4CC[C@]5(O)C(=O)CSc4nc5cccnc5s4)C2(C)C3)cc1. The number of ketones is 1. The molecule has 3 fully saturated rings. The van der Waals surface area contributed by atoms with Crippen LogP contribution in [-0.2, 0) is 11.2 Å². The Morgan fingerprint density at radius 1 is 1.18 bits per heavy atom. The first-order valence-corrected chi connectivity index (χ1v) is 17.5. The summed E-state index contributed by atoms with van der Waals surface area (Å²) in [5.41, 5.74) is 4.60. The van der Waals surface area contributed by atoms with Crippen molar-refractivity contribution < 1.29 is 15.0 Å². The largest absolute Gasteiger partial charge is 0.393 e. The summed E-state index contributed by atoms with van der Waals surface area (Å²) in [5, 5.41) is 29.0. The lowest BCUT2D eigenvalue weighted by Gasteiger charge is -2.60. The molecule has 9 heteroatoms. The maximum absolute atomic E-state index is 13.8. The number of aliphatic hydroxyl groups is 2. The topological polar surface area (TPSA) is 101 Å². The number of thioether (sulfide) groups is 1. The van der Waals surface area contributed by atoms with Crippen molar-refractivity contribution in [2.24, 2.45) is 28.6 Å². The van der Waals surface area contributed by atoms with Crippen LogP contribution in [0.25, 0.3) is 22.1 Å². The third-order valence-corrected chi connectivity index (χ3v) is 13.9. The van der Waals surface area contributed by atoms with Gasteiger partial charge in [-0.1, -0.05) is 60.2 Å². The van der Waals surface area contributed by atoms with E-state index in [1.54, 1.807) is 6.20 Å². The number of aromatic nitrogens is 4. The molecule has 4 aliphatic rings. The number of hydrogen-bond acceptors (Lipinski definition) is 8. The molecule has 4 aliphatic carbocycles. The molecule has 0 spiro atoms. The maximum Gasteiger partial charge on any atom is 0.175 e. The first-order valence-electron chi connectivity index (χ1n) is 15.7. The molecular formula is C35H38N4O3S2. The molecule has 2 N–H and O–H groups in total. The Morgan fingerprint density at radius 2 is 2.00 bits per heavy atom. The van der Waals surface area contributed by atoms with Gasteiger partial charge in [-0.3, -0.25) is 4.79 Å². The van der Waals surface area contributed by atoms with Crippen LogP contribution in [0, 0.1) is 35.5 Å². The van der Waals surface area contributed by atoms with Crippen LogP contribution in [-0.4, -0.2) is 53.2 Å². The standard InChI is InChI=1S/C35H38N4O3S2/c1-20-6-9-23(10-7-20)39-27-15-22-8-11-24-25-12-13-35(42,29(41)19-43-32-38-26-5-4-14-36-31(26)44-32)34(25,3)17-28(40)30(24)33(22,2)16-21(27)18-37-39/h4-7,9-10,14-15,18,24-25,28,30,40,42H,8,11-13,16-17,19H2,1-3H3/t24?,25?,28?,30?,33?,34?,35-/m0/s1. The van der Waals surface area contributed by atoms with Gasteiger partial charge in [0.1, 0.15) is 15.9 Å². The van der Waals surface area contributed by atoms with Gasteiger partial charge in [0, 0.05) is 11.6 Å². The Hall–Kier alpha value is -2.85. The lowest BCUT2D eigenvalue weighted by atomic mass is 9.45. The third-order valence-electron chi connectivity index (χ3n) is 11.8. The third kappa shape index (κ3) is 4.08. The Kier molecular flexibility index (Phi) is 6.55. The zero-order valence-corrected chi connectivity index (χ0v) is 27.0. The van der Waals surface area contributed by atoms with Crippen molar-refractivity contribution in [3.05, 3.63) is 71.2 Å². The highest BCUT2D eigenvalue weighted by Gasteiger charge is 2.68. The lowest BCUT2D eigenvalue weighted by molar-refractivity contribution is -0.177. The number of rotatable bonds is 5. The van der Waals surface area contributed by atoms with Gasteiger partial charge in [-0.15, -0.1) is 0 Å². The number of aryl methyl sites for hydroxylation is 1. The zero-order valence-electron chi connectivity index (χ0n) is 25.4. The van der Waals surface area contributed by atoms with Crippen LogP contribution in [0.4, 0.5) is 0 Å². The molecule has 0 radical (unpaired) electrons. The number of allylic oxidation sites excluding steroid dienone is 1. The van der Waals surface area contributed by atoms with Crippen LogP contribution in [0.15, 0.2) is 58.7 Å². The number of fused-ring (bicyclic) bond motifs is 7. The summed E-state index contributed by atoms with van der Waals surface area (Å²) in [6.07, 6.45) is 9.98. The molecule has 0 saturated heterocycles. The predicted molar refractivity (Wildman–Crippen MR) is 174 cm³/mol. The summed E-state index contributed by atoms with van der Waals surface area (Å²) in [6.45, 7) is 6.51. The van der Waals surface area contributed by atoms with Crippen molar-refractivity contribution in [3.8, 4) is 5.69 Å². The molecule has 0 bridgehead atoms. The summed E-state index contributed by atoms with van der Waals surface area (Å²) in [6, 6.07) is 12.3. The Labute approximate surface area is 265 Å². The van der Waals surface area contributed by atoms with E-state index in [0.717, 1.165) is 51.8 Å². The molecule has 3 saturated carbocycles. The molecule has 3 heterocycles. The highest BCUT2D eigenvalue weighted by molar-refractivity contribution is 8.01. The maximum atomic E-state index is 13.8. The molecule has 44 heavy (non-hydrogen) atoms. The summed E-state index contributed by atoms with van der Waals surface area (Å²) >= 11 is 2.87. The van der Waals surface area contributed by atoms with Crippen LogP contribution in [0.2, 0.25) is 0 Å². The number of aliphatic hydroxyl groups excluding tert-OH is 1. The van der Waals surface area contributed by atoms with Gasteiger partial charge in [0.25, 0.3) is 0 Å². The number of thiazole rings is 1. The molecule has 3 aromatic heterocycles. The highest BCUT2D eigenvalue weighted by Crippen LogP contribution is 2.67. The molecule has 1 aromatic carbocycles. The number of hydrogen-bond donors (Lipinski definition) is 2. The van der Waals surface area contributed by atoms with E-state index in [1.165, 1.54) is 39.8 Å². The van der Waals surface area contributed by atoms with Gasteiger partial charge in [-0.05, 0) is 105 Å². The molecule has 228 valence electrons. The molecule has 7 nitrogen and oxygen atoms in total. The van der Waals surface area contributed by atoms with E-state index >= 15 is 0 Å². The van der Waals surface area contributed by atoms with Crippen LogP contribution in [0.1, 0.15) is 62.8 Å². The minimum Gasteiger partial charge on any atom is -0.393 e. The second-order valence-corrected chi connectivity index (χ2v) is 16.2. The van der Waals surface area contributed by atoms with Gasteiger partial charge < -0.3 is 10.2 Å². The highest BCUT2D eigenvalue weighted by atomic mass is 32.2. The summed E-state index contributed by atoms with van der Waals surface area (Å²) < 4.78 is 2.84. The van der Waals surface area contributed by atoms with Gasteiger partial charge in [0.05, 0.1) is 29.4 Å². The van der Waals surface area contributed by atoms with Gasteiger partial charge in [-0.25, -0.2) is 14.6 Å². The fourth-order valence-electron chi connectivity index (χ4n) is 9.60. The van der Waals surface area contributed by atoms with E-state index in [9.17, 15) is 15.0 Å². The van der Waals surface area contributed by atoms with E-state index in [-0.39, 0.29) is 34.7 Å². The first kappa shape index (κ1) is 28.6. The van der Waals surface area contributed by atoms with Crippen molar-refractivity contribution in [2.75, 3.05) is 5.75 Å². The fourth-order valence-corrected chi connectivity index (χ4v) is 11.5. The number of carbonyl (C=O) groups is 1. The second kappa shape index (κ2) is 10.1. The minimum absolute atomic E-state index is 0.0820. The number of nitrogens with zero attached hydrogens (tertiary/aromatic N) is 4. The minimum atomic E-state index is -1.45. The smallest absolute Gasteiger partial charge is 0.175 e. The zero-order chi connectivity index (χ0) is 30.4. The molecule has 7 atom stereocenters. The molecule has 8 rings (SSSR count). The van der Waals surface area contributed by atoms with Gasteiger partial charge in [-0.2, -0.15) is 5.10 Å². The molecule has 4 aromatic rings. The van der Waals surface area contributed by atoms with Crippen LogP contribution >= 0.6 is 23.1 Å². The Morgan fingerprint density at radius 3 is 2.80 bits per heavy atom. The average Bonchev–Trinajstić information content (AvgIpc) is 3.68. The van der Waals surface area contributed by atoms with Crippen molar-refractivity contribution in [3.63, 3.8) is 0 Å². The molecule has 6 unspecified atom stereocenters.